The predicted octanol–water partition coefficient (Wildman–Crippen LogP) is 2.87. The van der Waals surface area contributed by atoms with E-state index in [2.05, 4.69) is 16.4 Å². The number of benzene rings is 1. The number of hydrogen-bond acceptors (Lipinski definition) is 4. The Morgan fingerprint density at radius 3 is 3.10 bits per heavy atom. The van der Waals surface area contributed by atoms with Crippen LogP contribution in [0, 0.1) is 0 Å². The lowest BCUT2D eigenvalue weighted by Gasteiger charge is -2.09. The van der Waals surface area contributed by atoms with Crippen LogP contribution in [0.25, 0.3) is 0 Å². The second-order valence-electron chi connectivity index (χ2n) is 4.91. The van der Waals surface area contributed by atoms with Crippen molar-refractivity contribution in [1.82, 2.24) is 4.98 Å². The topological polar surface area (TPSA) is 51.2 Å². The van der Waals surface area contributed by atoms with Gasteiger partial charge in [-0.05, 0) is 17.7 Å². The molecule has 0 saturated carbocycles. The fourth-order valence-electron chi connectivity index (χ4n) is 2.56. The molecule has 102 valence electrons. The van der Waals surface area contributed by atoms with Gasteiger partial charge in [-0.25, -0.2) is 0 Å². The summed E-state index contributed by atoms with van der Waals surface area (Å²) in [6, 6.07) is 9.88. The molecule has 1 aliphatic heterocycles. The molecule has 0 spiro atoms. The van der Waals surface area contributed by atoms with E-state index in [4.69, 9.17) is 4.74 Å². The van der Waals surface area contributed by atoms with Crippen molar-refractivity contribution in [3.05, 3.63) is 53.9 Å². The first-order valence-corrected chi connectivity index (χ1v) is 6.63. The van der Waals surface area contributed by atoms with E-state index >= 15 is 0 Å². The first kappa shape index (κ1) is 12.7. The molecule has 20 heavy (non-hydrogen) atoms. The van der Waals surface area contributed by atoms with Crippen LogP contribution in [-0.2, 0) is 0 Å². The average molecular weight is 268 g/mol. The van der Waals surface area contributed by atoms with Crippen molar-refractivity contribution >= 4 is 11.5 Å². The molecular weight excluding hydrogens is 252 g/mol. The van der Waals surface area contributed by atoms with Crippen LogP contribution in [-0.4, -0.2) is 24.4 Å². The molecule has 1 unspecified atom stereocenters. The third-order valence-electron chi connectivity index (χ3n) is 3.64. The number of nitrogens with one attached hydrogen (secondary N) is 1. The van der Waals surface area contributed by atoms with Crippen molar-refractivity contribution in [2.75, 3.05) is 19.0 Å². The standard InChI is InChI=1S/C16H16N2O2/c1-20-13-6-12(8-17-10-13)16(19)7-11-9-18-15-5-3-2-4-14(11)15/h2-6,8,10-11,18H,7,9H2,1H3. The minimum atomic E-state index is 0.0971. The number of carbonyl (C=O) groups is 1. The zero-order valence-corrected chi connectivity index (χ0v) is 11.3. The molecule has 0 aliphatic carbocycles. The number of anilines is 1. The molecule has 1 aromatic heterocycles. The predicted molar refractivity (Wildman–Crippen MR) is 77.4 cm³/mol. The Balaban J connectivity index is 1.77. The van der Waals surface area contributed by atoms with Crippen LogP contribution in [0.4, 0.5) is 5.69 Å². The van der Waals surface area contributed by atoms with Crippen molar-refractivity contribution < 1.29 is 9.53 Å². The summed E-state index contributed by atoms with van der Waals surface area (Å²) in [6.07, 6.45) is 3.68. The van der Waals surface area contributed by atoms with Crippen LogP contribution in [0.15, 0.2) is 42.7 Å². The van der Waals surface area contributed by atoms with Gasteiger partial charge in [0.25, 0.3) is 0 Å². The van der Waals surface area contributed by atoms with Crippen LogP contribution in [0.5, 0.6) is 5.75 Å². The number of carbonyl (C=O) groups excluding carboxylic acids is 1. The molecule has 2 aromatic rings. The molecule has 1 aromatic carbocycles. The highest BCUT2D eigenvalue weighted by molar-refractivity contribution is 5.96. The maximum absolute atomic E-state index is 12.4. The van der Waals surface area contributed by atoms with Gasteiger partial charge in [0.1, 0.15) is 5.75 Å². The van der Waals surface area contributed by atoms with E-state index in [0.717, 1.165) is 12.2 Å². The zero-order chi connectivity index (χ0) is 13.9. The van der Waals surface area contributed by atoms with Gasteiger partial charge in [-0.2, -0.15) is 0 Å². The van der Waals surface area contributed by atoms with Gasteiger partial charge in [0.2, 0.25) is 0 Å². The first-order valence-electron chi connectivity index (χ1n) is 6.63. The third kappa shape index (κ3) is 2.37. The molecule has 0 radical (unpaired) electrons. The summed E-state index contributed by atoms with van der Waals surface area (Å²) in [5.41, 5.74) is 2.96. The maximum atomic E-state index is 12.4. The van der Waals surface area contributed by atoms with E-state index < -0.39 is 0 Å². The lowest BCUT2D eigenvalue weighted by atomic mass is 9.94. The minimum absolute atomic E-state index is 0.0971. The van der Waals surface area contributed by atoms with Gasteiger partial charge in [0.05, 0.1) is 13.3 Å². The number of fused-ring (bicyclic) bond motifs is 1. The van der Waals surface area contributed by atoms with Crippen molar-refractivity contribution in [1.29, 1.82) is 0 Å². The summed E-state index contributed by atoms with van der Waals surface area (Å²) in [5.74, 6) is 0.936. The average Bonchev–Trinajstić information content (AvgIpc) is 2.90. The SMILES string of the molecule is COc1cncc(C(=O)CC2CNc3ccccc32)c1. The lowest BCUT2D eigenvalue weighted by molar-refractivity contribution is 0.0975. The normalized spacial score (nSPS) is 16.4. The van der Waals surface area contributed by atoms with Crippen molar-refractivity contribution in [3.63, 3.8) is 0 Å². The van der Waals surface area contributed by atoms with Crippen molar-refractivity contribution in [3.8, 4) is 5.75 Å². The number of pyridine rings is 1. The fourth-order valence-corrected chi connectivity index (χ4v) is 2.56. The van der Waals surface area contributed by atoms with Crippen molar-refractivity contribution in [2.24, 2.45) is 0 Å². The van der Waals surface area contributed by atoms with Gasteiger partial charge in [-0.15, -0.1) is 0 Å². The molecule has 1 atom stereocenters. The highest BCUT2D eigenvalue weighted by atomic mass is 16.5. The van der Waals surface area contributed by atoms with Crippen LogP contribution in [0.2, 0.25) is 0 Å². The fraction of sp³-hybridized carbons (Fsp3) is 0.250. The van der Waals surface area contributed by atoms with E-state index in [1.54, 1.807) is 25.6 Å². The van der Waals surface area contributed by atoms with Crippen LogP contribution >= 0.6 is 0 Å². The van der Waals surface area contributed by atoms with E-state index in [1.165, 1.54) is 5.56 Å². The zero-order valence-electron chi connectivity index (χ0n) is 11.3. The third-order valence-corrected chi connectivity index (χ3v) is 3.64. The lowest BCUT2D eigenvalue weighted by Crippen LogP contribution is -2.10. The second kappa shape index (κ2) is 5.33. The van der Waals surface area contributed by atoms with Gasteiger partial charge in [0, 0.05) is 36.3 Å². The van der Waals surface area contributed by atoms with E-state index in [0.29, 0.717) is 17.7 Å². The van der Waals surface area contributed by atoms with E-state index in [9.17, 15) is 4.79 Å². The number of ketones is 1. The Bertz CT molecular complexity index is 640. The summed E-state index contributed by atoms with van der Waals surface area (Å²) >= 11 is 0. The number of rotatable bonds is 4. The minimum Gasteiger partial charge on any atom is -0.495 e. The van der Waals surface area contributed by atoms with Gasteiger partial charge in [-0.1, -0.05) is 18.2 Å². The largest absolute Gasteiger partial charge is 0.495 e. The van der Waals surface area contributed by atoms with Gasteiger partial charge < -0.3 is 10.1 Å². The highest BCUT2D eigenvalue weighted by Gasteiger charge is 2.24. The highest BCUT2D eigenvalue weighted by Crippen LogP contribution is 2.34. The molecular formula is C16H16N2O2. The van der Waals surface area contributed by atoms with Crippen LogP contribution in [0.3, 0.4) is 0 Å². The van der Waals surface area contributed by atoms with Crippen LogP contribution < -0.4 is 10.1 Å². The Labute approximate surface area is 117 Å². The Morgan fingerprint density at radius 1 is 1.40 bits per heavy atom. The molecule has 2 heterocycles. The Hall–Kier alpha value is -2.36. The monoisotopic (exact) mass is 268 g/mol. The molecule has 4 heteroatoms. The van der Waals surface area contributed by atoms with Gasteiger partial charge in [0.15, 0.2) is 5.78 Å². The quantitative estimate of drug-likeness (QED) is 0.866. The number of para-hydroxylation sites is 1. The number of hydrogen-bond donors (Lipinski definition) is 1. The number of aromatic nitrogens is 1. The number of nitrogens with zero attached hydrogens (tertiary/aromatic N) is 1. The summed E-state index contributed by atoms with van der Waals surface area (Å²) < 4.78 is 5.10. The Kier molecular flexibility index (Phi) is 3.37. The molecule has 1 aliphatic rings. The summed E-state index contributed by atoms with van der Waals surface area (Å²) in [7, 11) is 1.57. The van der Waals surface area contributed by atoms with Crippen LogP contribution in [0.1, 0.15) is 28.3 Å². The Morgan fingerprint density at radius 2 is 2.25 bits per heavy atom. The number of Topliss-reactive ketones (excluding diaryl/α,β-unsaturated/α-hetero) is 1. The molecule has 0 saturated heterocycles. The van der Waals surface area contributed by atoms with Gasteiger partial charge in [-0.3, -0.25) is 9.78 Å². The van der Waals surface area contributed by atoms with E-state index in [-0.39, 0.29) is 11.7 Å². The van der Waals surface area contributed by atoms with Crippen molar-refractivity contribution in [2.45, 2.75) is 12.3 Å². The number of methoxy groups -OCH3 is 1. The summed E-state index contributed by atoms with van der Waals surface area (Å²) in [5, 5.41) is 3.34. The maximum Gasteiger partial charge on any atom is 0.165 e. The molecule has 1 N–H and O–H groups in total. The molecule has 0 bridgehead atoms. The van der Waals surface area contributed by atoms with Gasteiger partial charge >= 0.3 is 0 Å². The molecule has 4 nitrogen and oxygen atoms in total. The first-order chi connectivity index (χ1) is 9.78. The molecule has 0 fully saturated rings. The second-order valence-corrected chi connectivity index (χ2v) is 4.91. The summed E-state index contributed by atoms with van der Waals surface area (Å²) in [4.78, 5) is 16.4. The molecule has 3 rings (SSSR count). The smallest absolute Gasteiger partial charge is 0.165 e. The summed E-state index contributed by atoms with van der Waals surface area (Å²) in [6.45, 7) is 0.808. The molecule has 0 amide bonds. The van der Waals surface area contributed by atoms with E-state index in [1.807, 2.05) is 18.2 Å². The number of ether oxygens (including phenoxy) is 1.